The number of rotatable bonds is 4. The molecule has 1 heterocycles. The molecular formula is C25H27N2+. The molecule has 3 aromatic carbocycles. The normalized spacial score (nSPS) is 11.3. The molecule has 4 aromatic rings. The molecule has 0 aliphatic heterocycles. The highest BCUT2D eigenvalue weighted by atomic mass is 15.1. The first-order valence-electron chi connectivity index (χ1n) is 9.59. The van der Waals surface area contributed by atoms with Crippen molar-refractivity contribution in [3.05, 3.63) is 100 Å². The largest absolute Gasteiger partial charge is 0.245 e. The molecule has 0 saturated heterocycles. The van der Waals surface area contributed by atoms with Crippen molar-refractivity contribution in [2.75, 3.05) is 0 Å². The van der Waals surface area contributed by atoms with Gasteiger partial charge in [0.2, 0.25) is 6.33 Å². The van der Waals surface area contributed by atoms with Crippen molar-refractivity contribution in [3.63, 3.8) is 0 Å². The molecule has 27 heavy (non-hydrogen) atoms. The fourth-order valence-corrected chi connectivity index (χ4v) is 4.21. The predicted octanol–water partition coefficient (Wildman–Crippen LogP) is 5.26. The van der Waals surface area contributed by atoms with E-state index in [1.165, 1.54) is 44.4 Å². The van der Waals surface area contributed by atoms with Crippen LogP contribution in [0.1, 0.15) is 33.4 Å². The highest BCUT2D eigenvalue weighted by molar-refractivity contribution is 5.71. The van der Waals surface area contributed by atoms with Crippen molar-refractivity contribution in [3.8, 4) is 0 Å². The van der Waals surface area contributed by atoms with Crippen LogP contribution in [0, 0.1) is 27.7 Å². The minimum absolute atomic E-state index is 0.892. The molecule has 0 bridgehead atoms. The van der Waals surface area contributed by atoms with Gasteiger partial charge in [0, 0.05) is 0 Å². The van der Waals surface area contributed by atoms with Crippen LogP contribution in [-0.4, -0.2) is 4.57 Å². The molecule has 4 rings (SSSR count). The minimum Gasteiger partial charge on any atom is -0.226 e. The van der Waals surface area contributed by atoms with Gasteiger partial charge in [-0.25, -0.2) is 9.13 Å². The molecule has 0 spiro atoms. The molecule has 0 fully saturated rings. The lowest BCUT2D eigenvalue weighted by Crippen LogP contribution is -2.32. The molecule has 0 saturated carbocycles. The molecular weight excluding hydrogens is 328 g/mol. The first-order valence-corrected chi connectivity index (χ1v) is 9.59. The summed E-state index contributed by atoms with van der Waals surface area (Å²) in [6, 6.07) is 22.3. The number of para-hydroxylation sites is 2. The Bertz CT molecular complexity index is 991. The van der Waals surface area contributed by atoms with Crippen molar-refractivity contribution in [1.29, 1.82) is 0 Å². The summed E-state index contributed by atoms with van der Waals surface area (Å²) in [5, 5.41) is 0. The third-order valence-corrected chi connectivity index (χ3v) is 5.05. The Morgan fingerprint density at radius 3 is 1.89 bits per heavy atom. The Hall–Kier alpha value is -2.87. The lowest BCUT2D eigenvalue weighted by Gasteiger charge is -2.04. The Labute approximate surface area is 161 Å². The number of hydrogen-bond acceptors (Lipinski definition) is 0. The van der Waals surface area contributed by atoms with Crippen LogP contribution in [0.4, 0.5) is 0 Å². The van der Waals surface area contributed by atoms with Gasteiger partial charge in [0.1, 0.15) is 13.1 Å². The van der Waals surface area contributed by atoms with Gasteiger partial charge in [0.15, 0.2) is 11.0 Å². The maximum absolute atomic E-state index is 2.37. The first-order chi connectivity index (χ1) is 13.0. The van der Waals surface area contributed by atoms with E-state index in [1.54, 1.807) is 0 Å². The van der Waals surface area contributed by atoms with E-state index in [-0.39, 0.29) is 0 Å². The van der Waals surface area contributed by atoms with Crippen molar-refractivity contribution in [2.45, 2.75) is 40.8 Å². The Balaban J connectivity index is 1.74. The minimum atomic E-state index is 0.892. The zero-order valence-electron chi connectivity index (χ0n) is 16.7. The number of hydrogen-bond donors (Lipinski definition) is 0. The van der Waals surface area contributed by atoms with Crippen LogP contribution in [0.2, 0.25) is 0 Å². The fourth-order valence-electron chi connectivity index (χ4n) is 4.21. The quantitative estimate of drug-likeness (QED) is 0.442. The fraction of sp³-hybridized carbons (Fsp3) is 0.240. The van der Waals surface area contributed by atoms with Crippen LogP contribution in [-0.2, 0) is 13.1 Å². The number of imidazole rings is 1. The molecule has 2 heteroatoms. The van der Waals surface area contributed by atoms with E-state index in [4.69, 9.17) is 0 Å². The van der Waals surface area contributed by atoms with Gasteiger partial charge in [-0.3, -0.25) is 0 Å². The van der Waals surface area contributed by atoms with Crippen molar-refractivity contribution in [1.82, 2.24) is 4.57 Å². The third kappa shape index (κ3) is 3.80. The number of aryl methyl sites for hydroxylation is 4. The highest BCUT2D eigenvalue weighted by Crippen LogP contribution is 2.17. The number of aromatic nitrogens is 2. The maximum atomic E-state index is 2.37. The molecule has 0 amide bonds. The van der Waals surface area contributed by atoms with Crippen LogP contribution in [0.3, 0.4) is 0 Å². The van der Waals surface area contributed by atoms with E-state index in [0.29, 0.717) is 0 Å². The average Bonchev–Trinajstić information content (AvgIpc) is 2.91. The molecule has 1 aromatic heterocycles. The molecule has 0 N–H and O–H groups in total. The summed E-state index contributed by atoms with van der Waals surface area (Å²) in [7, 11) is 0. The van der Waals surface area contributed by atoms with Crippen LogP contribution >= 0.6 is 0 Å². The molecule has 2 nitrogen and oxygen atoms in total. The van der Waals surface area contributed by atoms with Gasteiger partial charge in [-0.2, -0.15) is 0 Å². The topological polar surface area (TPSA) is 8.81 Å². The van der Waals surface area contributed by atoms with Gasteiger partial charge in [-0.15, -0.1) is 0 Å². The Morgan fingerprint density at radius 1 is 0.704 bits per heavy atom. The first kappa shape index (κ1) is 17.5. The van der Waals surface area contributed by atoms with E-state index in [2.05, 4.69) is 104 Å². The summed E-state index contributed by atoms with van der Waals surface area (Å²) in [6.07, 6.45) is 2.26. The van der Waals surface area contributed by atoms with E-state index in [0.717, 1.165) is 13.1 Å². The average molecular weight is 356 g/mol. The number of nitrogens with zero attached hydrogens (tertiary/aromatic N) is 2. The standard InChI is InChI=1S/C25H27N2/c1-18-9-19(2)12-22(11-18)15-26-17-27(25-8-6-5-7-24(25)26)16-23-13-20(3)10-21(4)14-23/h5-14,17H,15-16H2,1-4H3/q+1. The van der Waals surface area contributed by atoms with Gasteiger partial charge in [0.25, 0.3) is 0 Å². The Morgan fingerprint density at radius 2 is 1.26 bits per heavy atom. The van der Waals surface area contributed by atoms with Crippen molar-refractivity contribution in [2.24, 2.45) is 0 Å². The van der Waals surface area contributed by atoms with Crippen LogP contribution in [0.15, 0.2) is 67.0 Å². The van der Waals surface area contributed by atoms with Crippen LogP contribution in [0.5, 0.6) is 0 Å². The summed E-state index contributed by atoms with van der Waals surface area (Å²) in [5.74, 6) is 0. The molecule has 0 aliphatic rings. The number of benzene rings is 3. The van der Waals surface area contributed by atoms with Crippen LogP contribution < -0.4 is 4.57 Å². The van der Waals surface area contributed by atoms with Gasteiger partial charge in [-0.1, -0.05) is 70.8 Å². The summed E-state index contributed by atoms with van der Waals surface area (Å²) >= 11 is 0. The smallest absolute Gasteiger partial charge is 0.226 e. The SMILES string of the molecule is Cc1cc(C)cc(Cn2c[n+](Cc3cc(C)cc(C)c3)c3ccccc32)c1. The van der Waals surface area contributed by atoms with Crippen molar-refractivity contribution < 1.29 is 4.57 Å². The van der Waals surface area contributed by atoms with Gasteiger partial charge >= 0.3 is 0 Å². The summed E-state index contributed by atoms with van der Waals surface area (Å²) in [6.45, 7) is 10.5. The van der Waals surface area contributed by atoms with Gasteiger partial charge in [-0.05, 0) is 51.0 Å². The second-order valence-corrected chi connectivity index (χ2v) is 7.85. The predicted molar refractivity (Wildman–Crippen MR) is 112 cm³/mol. The highest BCUT2D eigenvalue weighted by Gasteiger charge is 2.16. The zero-order valence-corrected chi connectivity index (χ0v) is 16.7. The third-order valence-electron chi connectivity index (χ3n) is 5.05. The maximum Gasteiger partial charge on any atom is 0.245 e. The zero-order chi connectivity index (χ0) is 19.0. The lowest BCUT2D eigenvalue weighted by atomic mass is 10.1. The monoisotopic (exact) mass is 355 g/mol. The molecule has 136 valence electrons. The van der Waals surface area contributed by atoms with Crippen LogP contribution in [0.25, 0.3) is 11.0 Å². The molecule has 0 radical (unpaired) electrons. The van der Waals surface area contributed by atoms with E-state index >= 15 is 0 Å². The van der Waals surface area contributed by atoms with Gasteiger partial charge < -0.3 is 0 Å². The molecule has 0 unspecified atom stereocenters. The summed E-state index contributed by atoms with van der Waals surface area (Å²) in [5.41, 5.74) is 10.6. The lowest BCUT2D eigenvalue weighted by molar-refractivity contribution is -0.663. The number of fused-ring (bicyclic) bond motifs is 1. The van der Waals surface area contributed by atoms with Crippen molar-refractivity contribution >= 4 is 11.0 Å². The molecule has 0 atom stereocenters. The van der Waals surface area contributed by atoms with Gasteiger partial charge in [0.05, 0.1) is 0 Å². The second-order valence-electron chi connectivity index (χ2n) is 7.85. The summed E-state index contributed by atoms with van der Waals surface area (Å²) < 4.78 is 4.73. The van der Waals surface area contributed by atoms with E-state index in [1.807, 2.05) is 0 Å². The van der Waals surface area contributed by atoms with E-state index in [9.17, 15) is 0 Å². The second kappa shape index (κ2) is 7.03. The van der Waals surface area contributed by atoms with E-state index < -0.39 is 0 Å². The summed E-state index contributed by atoms with van der Waals surface area (Å²) in [4.78, 5) is 0. The Kier molecular flexibility index (Phi) is 4.57. The molecule has 0 aliphatic carbocycles.